The predicted molar refractivity (Wildman–Crippen MR) is 184 cm³/mol. The molecule has 1 heterocycles. The van der Waals surface area contributed by atoms with Crippen molar-refractivity contribution in [2.75, 3.05) is 29.0 Å². The predicted octanol–water partition coefficient (Wildman–Crippen LogP) is 6.87. The number of benzene rings is 3. The van der Waals surface area contributed by atoms with Crippen LogP contribution >= 0.6 is 0 Å². The number of carbonyl (C=O) groups excluding carboxylic acids is 1. The van der Waals surface area contributed by atoms with Crippen molar-refractivity contribution in [3.05, 3.63) is 89.2 Å². The first-order valence-corrected chi connectivity index (χ1v) is 17.9. The molecule has 0 bridgehead atoms. The number of carboxylic acids is 1. The molecule has 1 amide bonds. The quantitative estimate of drug-likeness (QED) is 0.130. The van der Waals surface area contributed by atoms with Crippen LogP contribution in [0.5, 0.6) is 5.75 Å². The second-order valence-corrected chi connectivity index (χ2v) is 14.4. The second kappa shape index (κ2) is 16.7. The van der Waals surface area contributed by atoms with E-state index in [0.717, 1.165) is 11.8 Å². The number of alkyl halides is 3. The normalized spacial score (nSPS) is 14.8. The minimum absolute atomic E-state index is 0.163. The maximum Gasteiger partial charge on any atom is 0.490 e. The van der Waals surface area contributed by atoms with Crippen LogP contribution < -0.4 is 19.7 Å². The fourth-order valence-corrected chi connectivity index (χ4v) is 5.90. The van der Waals surface area contributed by atoms with E-state index >= 15 is 0 Å². The number of carboxylic acid groups (broad SMARTS) is 1. The topological polar surface area (TPSA) is 154 Å². The number of fused-ring (bicyclic) bond motifs is 1. The minimum atomic E-state index is -5.08. The monoisotopic (exact) mass is 741 g/mol. The van der Waals surface area contributed by atoms with E-state index in [1.54, 1.807) is 24.3 Å². The molecule has 4 N–H and O–H groups in total. The van der Waals surface area contributed by atoms with Gasteiger partial charge in [-0.1, -0.05) is 50.2 Å². The van der Waals surface area contributed by atoms with E-state index in [-0.39, 0.29) is 24.7 Å². The number of aliphatic hydroxyl groups is 1. The molecule has 16 heteroatoms. The highest BCUT2D eigenvalue weighted by molar-refractivity contribution is 7.92. The molecule has 51 heavy (non-hydrogen) atoms. The molecule has 1 aliphatic heterocycles. The highest BCUT2D eigenvalue weighted by Gasteiger charge is 2.43. The number of carbonyl (C=O) groups is 2. The van der Waals surface area contributed by atoms with Crippen molar-refractivity contribution in [2.24, 2.45) is 0 Å². The van der Waals surface area contributed by atoms with Crippen molar-refractivity contribution < 1.29 is 55.3 Å². The highest BCUT2D eigenvalue weighted by Crippen LogP contribution is 2.44. The van der Waals surface area contributed by atoms with E-state index in [0.29, 0.717) is 48.4 Å². The van der Waals surface area contributed by atoms with Gasteiger partial charge in [-0.15, -0.1) is 0 Å². The summed E-state index contributed by atoms with van der Waals surface area (Å²) in [7, 11) is -3.61. The van der Waals surface area contributed by atoms with Crippen molar-refractivity contribution in [2.45, 2.75) is 77.0 Å². The maximum absolute atomic E-state index is 14.2. The maximum atomic E-state index is 14.2. The SMILES string of the molecule is CCC1(CC)OC(=O)N(CCC(C)(C)NCC(O)c2ccc(OCc3ccccc3)c(NS(C)(=O)=O)c2)c2ccc(F)cc21.O=C(O)C(F)(F)F. The van der Waals surface area contributed by atoms with Gasteiger partial charge in [0.25, 0.3) is 0 Å². The summed E-state index contributed by atoms with van der Waals surface area (Å²) < 4.78 is 84.3. The van der Waals surface area contributed by atoms with Crippen molar-refractivity contribution in [1.82, 2.24) is 5.32 Å². The number of aliphatic carboxylic acids is 1. The van der Waals surface area contributed by atoms with E-state index < -0.39 is 45.5 Å². The smallest absolute Gasteiger partial charge is 0.487 e. The van der Waals surface area contributed by atoms with Crippen LogP contribution in [0.1, 0.15) is 69.8 Å². The van der Waals surface area contributed by atoms with E-state index in [1.807, 2.05) is 58.0 Å². The van der Waals surface area contributed by atoms with Crippen LogP contribution in [0, 0.1) is 5.82 Å². The molecule has 0 saturated carbocycles. The first-order chi connectivity index (χ1) is 23.7. The Balaban J connectivity index is 0.000000908. The number of β-amino-alcohol motifs (C(OH)–C–C–N with tert-alkyl or cyclic N) is 1. The number of nitrogens with zero attached hydrogens (tertiary/aromatic N) is 1. The zero-order valence-corrected chi connectivity index (χ0v) is 29.7. The first kappa shape index (κ1) is 41.0. The molecule has 0 fully saturated rings. The Hall–Kier alpha value is -4.41. The van der Waals surface area contributed by atoms with E-state index in [1.165, 1.54) is 17.0 Å². The number of hydrogen-bond acceptors (Lipinski definition) is 8. The lowest BCUT2D eigenvalue weighted by molar-refractivity contribution is -0.192. The molecule has 0 radical (unpaired) electrons. The Morgan fingerprint density at radius 2 is 1.67 bits per heavy atom. The van der Waals surface area contributed by atoms with Crippen LogP contribution in [-0.2, 0) is 31.8 Å². The van der Waals surface area contributed by atoms with Gasteiger partial charge in [0.05, 0.1) is 23.7 Å². The van der Waals surface area contributed by atoms with Gasteiger partial charge in [0.15, 0.2) is 0 Å². The molecular formula is C35H43F4N3O8S. The average molecular weight is 742 g/mol. The van der Waals surface area contributed by atoms with Crippen molar-refractivity contribution in [3.8, 4) is 5.75 Å². The number of nitrogens with one attached hydrogen (secondary N) is 2. The van der Waals surface area contributed by atoms with Gasteiger partial charge >= 0.3 is 18.2 Å². The summed E-state index contributed by atoms with van der Waals surface area (Å²) >= 11 is 0. The van der Waals surface area contributed by atoms with Crippen LogP contribution in [0.15, 0.2) is 66.7 Å². The van der Waals surface area contributed by atoms with Crippen LogP contribution in [0.25, 0.3) is 0 Å². The standard InChI is InChI=1S/C33H42FN3O6S.C2HF3O2/c1-6-33(7-2)26-20-25(34)14-15-28(26)37(31(39)43-33)18-17-32(3,4)35-21-29(38)24-13-16-30(27(19-24)36-44(5,40)41)42-22-23-11-9-8-10-12-23;3-2(4,5)1(6)7/h8-16,19-20,29,35-36,38H,6-7,17-18,21-22H2,1-5H3;(H,6,7). The Morgan fingerprint density at radius 1 is 1.04 bits per heavy atom. The molecule has 1 atom stereocenters. The number of ether oxygens (including phenoxy) is 2. The molecule has 280 valence electrons. The van der Waals surface area contributed by atoms with Crippen LogP contribution in [-0.4, -0.2) is 61.8 Å². The highest BCUT2D eigenvalue weighted by atomic mass is 32.2. The summed E-state index contributed by atoms with van der Waals surface area (Å²) in [6.07, 6.45) is -3.89. The number of sulfonamides is 1. The van der Waals surface area contributed by atoms with E-state index in [4.69, 9.17) is 19.4 Å². The Labute approximate surface area is 294 Å². The summed E-state index contributed by atoms with van der Waals surface area (Å²) in [6.45, 7) is 8.48. The third-order valence-electron chi connectivity index (χ3n) is 8.28. The molecule has 0 saturated heterocycles. The number of halogens is 4. The number of anilines is 2. The number of amides is 1. The van der Waals surface area contributed by atoms with E-state index in [2.05, 4.69) is 10.0 Å². The summed E-state index contributed by atoms with van der Waals surface area (Å²) in [4.78, 5) is 23.6. The lowest BCUT2D eigenvalue weighted by Gasteiger charge is -2.42. The number of aliphatic hydroxyl groups excluding tert-OH is 1. The largest absolute Gasteiger partial charge is 0.490 e. The van der Waals surface area contributed by atoms with Gasteiger partial charge < -0.3 is 25.0 Å². The Morgan fingerprint density at radius 3 is 2.24 bits per heavy atom. The van der Waals surface area contributed by atoms with Crippen LogP contribution in [0.2, 0.25) is 0 Å². The van der Waals surface area contributed by atoms with Gasteiger partial charge in [0.2, 0.25) is 10.0 Å². The fourth-order valence-electron chi connectivity index (χ4n) is 5.34. The van der Waals surface area contributed by atoms with Crippen molar-refractivity contribution in [1.29, 1.82) is 0 Å². The lowest BCUT2D eigenvalue weighted by atomic mass is 9.85. The zero-order valence-electron chi connectivity index (χ0n) is 28.9. The average Bonchev–Trinajstić information content (AvgIpc) is 3.05. The van der Waals surface area contributed by atoms with Crippen molar-refractivity contribution >= 4 is 33.5 Å². The third-order valence-corrected chi connectivity index (χ3v) is 8.87. The number of cyclic esters (lactones) is 1. The minimum Gasteiger partial charge on any atom is -0.487 e. The zero-order chi connectivity index (χ0) is 38.2. The molecule has 0 spiro atoms. The Kier molecular flexibility index (Phi) is 13.5. The molecule has 3 aromatic carbocycles. The molecule has 0 aromatic heterocycles. The Bertz CT molecular complexity index is 1770. The summed E-state index contributed by atoms with van der Waals surface area (Å²) in [6, 6.07) is 18.8. The molecule has 0 aliphatic carbocycles. The first-order valence-electron chi connectivity index (χ1n) is 16.0. The summed E-state index contributed by atoms with van der Waals surface area (Å²) in [5.41, 5.74) is 1.58. The summed E-state index contributed by atoms with van der Waals surface area (Å²) in [5.74, 6) is -2.80. The van der Waals surface area contributed by atoms with Crippen LogP contribution in [0.3, 0.4) is 0 Å². The molecule has 3 aromatic rings. The second-order valence-electron chi connectivity index (χ2n) is 12.6. The third kappa shape index (κ3) is 11.6. The molecule has 4 rings (SSSR count). The summed E-state index contributed by atoms with van der Waals surface area (Å²) in [5, 5.41) is 21.5. The number of hydrogen-bond donors (Lipinski definition) is 4. The van der Waals surface area contributed by atoms with Gasteiger partial charge in [-0.3, -0.25) is 9.62 Å². The number of rotatable bonds is 14. The van der Waals surface area contributed by atoms with Gasteiger partial charge in [-0.2, -0.15) is 13.2 Å². The van der Waals surface area contributed by atoms with Gasteiger partial charge in [0.1, 0.15) is 23.8 Å². The van der Waals surface area contributed by atoms with Gasteiger partial charge in [0, 0.05) is 24.2 Å². The van der Waals surface area contributed by atoms with Crippen LogP contribution in [0.4, 0.5) is 33.7 Å². The van der Waals surface area contributed by atoms with Gasteiger partial charge in [-0.05, 0) is 74.6 Å². The molecule has 1 unspecified atom stereocenters. The molecular weight excluding hydrogens is 698 g/mol. The molecule has 11 nitrogen and oxygen atoms in total. The van der Waals surface area contributed by atoms with E-state index in [9.17, 15) is 35.9 Å². The lowest BCUT2D eigenvalue weighted by Crippen LogP contribution is -2.49. The fraction of sp³-hybridized carbons (Fsp3) is 0.429. The van der Waals surface area contributed by atoms with Gasteiger partial charge in [-0.25, -0.2) is 22.4 Å². The van der Waals surface area contributed by atoms with Crippen molar-refractivity contribution in [3.63, 3.8) is 0 Å². The molecule has 1 aliphatic rings.